The normalized spacial score (nSPS) is 15.0. The Morgan fingerprint density at radius 2 is 1.64 bits per heavy atom. The third-order valence-corrected chi connectivity index (χ3v) is 6.82. The predicted octanol–water partition coefficient (Wildman–Crippen LogP) is 2.54. The molecule has 0 heterocycles. The number of hydrogen-bond donors (Lipinski definition) is 0. The Morgan fingerprint density at radius 3 is 1.73 bits per heavy atom. The highest BCUT2D eigenvalue weighted by Gasteiger charge is 2.38. The molecule has 0 aromatic heterocycles. The van der Waals surface area contributed by atoms with E-state index in [1.165, 1.54) is 0 Å². The van der Waals surface area contributed by atoms with Crippen molar-refractivity contribution in [3.63, 3.8) is 0 Å². The average Bonchev–Trinajstić information content (AvgIpc) is 2.08. The first kappa shape index (κ1) is 11.1. The lowest BCUT2D eigenvalue weighted by molar-refractivity contribution is 0.230. The maximum absolute atomic E-state index is 5.51. The van der Waals surface area contributed by atoms with Gasteiger partial charge in [0, 0.05) is 14.2 Å². The molecule has 1 atom stereocenters. The Kier molecular flexibility index (Phi) is 4.96. The smallest absolute Gasteiger partial charge is 0.340 e. The molecule has 0 amide bonds. The van der Waals surface area contributed by atoms with Gasteiger partial charge in [0.05, 0.1) is 0 Å². The van der Waals surface area contributed by atoms with Crippen LogP contribution in [-0.4, -0.2) is 22.8 Å². The van der Waals surface area contributed by atoms with Crippen LogP contribution >= 0.6 is 0 Å². The van der Waals surface area contributed by atoms with Crippen LogP contribution in [-0.2, 0) is 8.85 Å². The first-order chi connectivity index (χ1) is 5.16. The van der Waals surface area contributed by atoms with Crippen molar-refractivity contribution in [1.29, 1.82) is 0 Å². The van der Waals surface area contributed by atoms with E-state index in [2.05, 4.69) is 20.8 Å². The van der Waals surface area contributed by atoms with Crippen molar-refractivity contribution in [1.82, 2.24) is 0 Å². The molecule has 0 spiro atoms. The van der Waals surface area contributed by atoms with Gasteiger partial charge in [-0.1, -0.05) is 27.2 Å². The standard InChI is InChI=1S/C8H20O2Si/c1-6-8(3)11(7-2,9-4)10-5/h8H,6-7H2,1-5H3. The van der Waals surface area contributed by atoms with E-state index < -0.39 is 8.56 Å². The second-order valence-corrected chi connectivity index (χ2v) is 7.02. The monoisotopic (exact) mass is 176 g/mol. The Labute approximate surface area is 71.1 Å². The lowest BCUT2D eigenvalue weighted by Gasteiger charge is -2.31. The molecular formula is C8H20O2Si. The second kappa shape index (κ2) is 4.90. The van der Waals surface area contributed by atoms with Crippen molar-refractivity contribution < 1.29 is 8.85 Å². The number of hydrogen-bond acceptors (Lipinski definition) is 2. The van der Waals surface area contributed by atoms with E-state index in [1.54, 1.807) is 14.2 Å². The van der Waals surface area contributed by atoms with Crippen molar-refractivity contribution >= 4 is 8.56 Å². The molecule has 1 unspecified atom stereocenters. The highest BCUT2D eigenvalue weighted by atomic mass is 28.4. The molecule has 0 aromatic rings. The van der Waals surface area contributed by atoms with Crippen LogP contribution in [0.1, 0.15) is 27.2 Å². The van der Waals surface area contributed by atoms with Gasteiger partial charge in [-0.25, -0.2) is 0 Å². The molecule has 0 fully saturated rings. The van der Waals surface area contributed by atoms with Gasteiger partial charge < -0.3 is 8.85 Å². The van der Waals surface area contributed by atoms with E-state index in [0.29, 0.717) is 5.54 Å². The second-order valence-electron chi connectivity index (χ2n) is 2.88. The van der Waals surface area contributed by atoms with E-state index in [4.69, 9.17) is 8.85 Å². The highest BCUT2D eigenvalue weighted by Crippen LogP contribution is 2.28. The Hall–Kier alpha value is 0.137. The first-order valence-corrected chi connectivity index (χ1v) is 6.37. The maximum Gasteiger partial charge on any atom is 0.340 e. The van der Waals surface area contributed by atoms with Crippen molar-refractivity contribution in [2.24, 2.45) is 0 Å². The van der Waals surface area contributed by atoms with Crippen LogP contribution in [0.3, 0.4) is 0 Å². The summed E-state index contributed by atoms with van der Waals surface area (Å²) in [7, 11) is 1.72. The van der Waals surface area contributed by atoms with Crippen LogP contribution in [0.25, 0.3) is 0 Å². The topological polar surface area (TPSA) is 18.5 Å². The fourth-order valence-electron chi connectivity index (χ4n) is 1.43. The van der Waals surface area contributed by atoms with E-state index in [1.807, 2.05) is 0 Å². The SMILES string of the molecule is CCC(C)[Si](CC)(OC)OC. The molecule has 11 heavy (non-hydrogen) atoms. The van der Waals surface area contributed by atoms with Crippen molar-refractivity contribution in [2.75, 3.05) is 14.2 Å². The minimum Gasteiger partial charge on any atom is -0.397 e. The third-order valence-electron chi connectivity index (χ3n) is 2.55. The molecule has 0 aliphatic rings. The molecule has 0 saturated heterocycles. The van der Waals surface area contributed by atoms with Crippen molar-refractivity contribution in [3.05, 3.63) is 0 Å². The molecule has 0 N–H and O–H groups in total. The Morgan fingerprint density at radius 1 is 1.18 bits per heavy atom. The zero-order valence-corrected chi connectivity index (χ0v) is 9.31. The summed E-state index contributed by atoms with van der Waals surface area (Å²) in [4.78, 5) is 0. The van der Waals surface area contributed by atoms with E-state index in [9.17, 15) is 0 Å². The molecule has 0 aliphatic heterocycles. The van der Waals surface area contributed by atoms with Gasteiger partial charge >= 0.3 is 8.56 Å². The fourth-order valence-corrected chi connectivity index (χ4v) is 4.30. The van der Waals surface area contributed by atoms with Gasteiger partial charge in [-0.15, -0.1) is 0 Å². The van der Waals surface area contributed by atoms with Gasteiger partial charge in [-0.05, 0) is 11.6 Å². The summed E-state index contributed by atoms with van der Waals surface area (Å²) in [5, 5.41) is 0. The molecule has 0 saturated carbocycles. The summed E-state index contributed by atoms with van der Waals surface area (Å²) in [5.74, 6) is 0. The van der Waals surface area contributed by atoms with Crippen LogP contribution in [0.15, 0.2) is 0 Å². The van der Waals surface area contributed by atoms with Crippen LogP contribution < -0.4 is 0 Å². The minimum atomic E-state index is -1.82. The summed E-state index contributed by atoms with van der Waals surface area (Å²) < 4.78 is 11.0. The van der Waals surface area contributed by atoms with Gasteiger partial charge in [-0.3, -0.25) is 0 Å². The lowest BCUT2D eigenvalue weighted by Crippen LogP contribution is -2.43. The van der Waals surface area contributed by atoms with E-state index >= 15 is 0 Å². The molecule has 0 aromatic carbocycles. The van der Waals surface area contributed by atoms with Gasteiger partial charge in [0.2, 0.25) is 0 Å². The quantitative estimate of drug-likeness (QED) is 0.599. The summed E-state index contributed by atoms with van der Waals surface area (Å²) in [5.41, 5.74) is 0.586. The molecule has 68 valence electrons. The van der Waals surface area contributed by atoms with Crippen LogP contribution in [0.5, 0.6) is 0 Å². The van der Waals surface area contributed by atoms with E-state index in [-0.39, 0.29) is 0 Å². The number of rotatable bonds is 5. The average molecular weight is 176 g/mol. The Balaban J connectivity index is 4.26. The molecule has 2 nitrogen and oxygen atoms in total. The summed E-state index contributed by atoms with van der Waals surface area (Å²) in [6.07, 6.45) is 1.14. The predicted molar refractivity (Wildman–Crippen MR) is 50.0 cm³/mol. The summed E-state index contributed by atoms with van der Waals surface area (Å²) >= 11 is 0. The Bertz CT molecular complexity index is 94.0. The highest BCUT2D eigenvalue weighted by molar-refractivity contribution is 6.68. The molecule has 0 bridgehead atoms. The van der Waals surface area contributed by atoms with Gasteiger partial charge in [-0.2, -0.15) is 0 Å². The van der Waals surface area contributed by atoms with Crippen LogP contribution in [0.4, 0.5) is 0 Å². The molecular weight excluding hydrogens is 156 g/mol. The van der Waals surface area contributed by atoms with Crippen molar-refractivity contribution in [2.45, 2.75) is 38.8 Å². The molecule has 3 heteroatoms. The molecule has 0 radical (unpaired) electrons. The van der Waals surface area contributed by atoms with Crippen molar-refractivity contribution in [3.8, 4) is 0 Å². The van der Waals surface area contributed by atoms with Crippen LogP contribution in [0, 0.1) is 0 Å². The molecule has 0 aliphatic carbocycles. The third kappa shape index (κ3) is 2.29. The maximum atomic E-state index is 5.51. The zero-order chi connectivity index (χ0) is 8.91. The zero-order valence-electron chi connectivity index (χ0n) is 8.31. The van der Waals surface area contributed by atoms with Gasteiger partial charge in [0.25, 0.3) is 0 Å². The lowest BCUT2D eigenvalue weighted by atomic mass is 10.4. The van der Waals surface area contributed by atoms with Crippen LogP contribution in [0.2, 0.25) is 11.6 Å². The summed E-state index contributed by atoms with van der Waals surface area (Å²) in [6, 6.07) is 1.04. The molecule has 0 rings (SSSR count). The minimum absolute atomic E-state index is 0.586. The fraction of sp³-hybridized carbons (Fsp3) is 1.00. The summed E-state index contributed by atoms with van der Waals surface area (Å²) in [6.45, 7) is 6.54. The first-order valence-electron chi connectivity index (χ1n) is 4.27. The van der Waals surface area contributed by atoms with E-state index in [0.717, 1.165) is 12.5 Å². The van der Waals surface area contributed by atoms with Gasteiger partial charge in [0.15, 0.2) is 0 Å². The largest absolute Gasteiger partial charge is 0.397 e. The van der Waals surface area contributed by atoms with Gasteiger partial charge in [0.1, 0.15) is 0 Å².